The molecule has 4 nitrogen and oxygen atoms in total. The van der Waals surface area contributed by atoms with Crippen molar-refractivity contribution in [2.45, 2.75) is 6.92 Å². The maximum Gasteiger partial charge on any atom is 0.314 e. The number of aliphatic carboxylic acids is 1. The van der Waals surface area contributed by atoms with Crippen LogP contribution in [-0.2, 0) is 4.79 Å². The minimum absolute atomic E-state index is 0.201. The molecule has 0 aliphatic carbocycles. The van der Waals surface area contributed by atoms with E-state index in [-0.39, 0.29) is 11.3 Å². The molecule has 21 heavy (non-hydrogen) atoms. The predicted molar refractivity (Wildman–Crippen MR) is 77.4 cm³/mol. The highest BCUT2D eigenvalue weighted by Gasteiger charge is 2.22. The molecule has 0 spiro atoms. The normalized spacial score (nSPS) is 11.7. The first-order valence-electron chi connectivity index (χ1n) is 6.47. The second-order valence-electron chi connectivity index (χ2n) is 4.70. The van der Waals surface area contributed by atoms with Crippen molar-refractivity contribution in [1.29, 1.82) is 0 Å². The largest absolute Gasteiger partial charge is 0.481 e. The van der Waals surface area contributed by atoms with Crippen molar-refractivity contribution in [3.05, 3.63) is 71.3 Å². The van der Waals surface area contributed by atoms with Gasteiger partial charge < -0.3 is 5.11 Å². The van der Waals surface area contributed by atoms with Crippen molar-refractivity contribution in [3.63, 3.8) is 0 Å². The molecule has 106 valence electrons. The van der Waals surface area contributed by atoms with Crippen molar-refractivity contribution in [3.8, 4) is 0 Å². The van der Waals surface area contributed by atoms with Gasteiger partial charge in [0.25, 0.3) is 0 Å². The summed E-state index contributed by atoms with van der Waals surface area (Å²) in [5, 5.41) is 8.88. The van der Waals surface area contributed by atoms with Gasteiger partial charge in [0.15, 0.2) is 11.6 Å². The van der Waals surface area contributed by atoms with Crippen molar-refractivity contribution in [2.24, 2.45) is 5.92 Å². The number of benzene rings is 2. The van der Waals surface area contributed by atoms with Crippen LogP contribution >= 0.6 is 0 Å². The van der Waals surface area contributed by atoms with Crippen LogP contribution in [0.4, 0.5) is 0 Å². The summed E-state index contributed by atoms with van der Waals surface area (Å²) in [7, 11) is 0. The third kappa shape index (κ3) is 3.23. The van der Waals surface area contributed by atoms with Crippen LogP contribution in [0.3, 0.4) is 0 Å². The van der Waals surface area contributed by atoms with Gasteiger partial charge in [0.2, 0.25) is 0 Å². The van der Waals surface area contributed by atoms with Crippen molar-refractivity contribution >= 4 is 17.5 Å². The molecule has 0 amide bonds. The summed E-state index contributed by atoms with van der Waals surface area (Å²) in [4.78, 5) is 35.2. The molecule has 1 N–H and O–H groups in total. The van der Waals surface area contributed by atoms with Gasteiger partial charge in [0.05, 0.1) is 0 Å². The Morgan fingerprint density at radius 2 is 1.43 bits per heavy atom. The van der Waals surface area contributed by atoms with Crippen LogP contribution in [0.5, 0.6) is 0 Å². The Morgan fingerprint density at radius 1 is 0.857 bits per heavy atom. The summed E-state index contributed by atoms with van der Waals surface area (Å²) in [6.45, 7) is 1.33. The number of carbonyl (C=O) groups is 3. The van der Waals surface area contributed by atoms with Crippen LogP contribution in [0.1, 0.15) is 33.2 Å². The zero-order valence-corrected chi connectivity index (χ0v) is 11.4. The van der Waals surface area contributed by atoms with E-state index in [4.69, 9.17) is 5.11 Å². The second kappa shape index (κ2) is 6.13. The average molecular weight is 282 g/mol. The average Bonchev–Trinajstić information content (AvgIpc) is 2.53. The number of ketones is 2. The van der Waals surface area contributed by atoms with Crippen LogP contribution < -0.4 is 0 Å². The Kier molecular flexibility index (Phi) is 4.28. The summed E-state index contributed by atoms with van der Waals surface area (Å²) in [5.41, 5.74) is 1.12. The smallest absolute Gasteiger partial charge is 0.314 e. The van der Waals surface area contributed by atoms with Gasteiger partial charge >= 0.3 is 5.97 Å². The van der Waals surface area contributed by atoms with Gasteiger partial charge in [-0.2, -0.15) is 0 Å². The van der Waals surface area contributed by atoms with Crippen molar-refractivity contribution < 1.29 is 19.5 Å². The van der Waals surface area contributed by atoms with E-state index in [1.807, 2.05) is 6.07 Å². The molecule has 2 aromatic carbocycles. The Bertz CT molecular complexity index is 689. The highest BCUT2D eigenvalue weighted by atomic mass is 16.4. The monoisotopic (exact) mass is 282 g/mol. The Labute approximate surface area is 122 Å². The van der Waals surface area contributed by atoms with E-state index in [1.54, 1.807) is 36.4 Å². The van der Waals surface area contributed by atoms with Gasteiger partial charge in [-0.3, -0.25) is 14.4 Å². The zero-order valence-electron chi connectivity index (χ0n) is 11.4. The molecule has 2 rings (SSSR count). The quantitative estimate of drug-likeness (QED) is 0.676. The molecule has 0 fully saturated rings. The van der Waals surface area contributed by atoms with E-state index in [0.29, 0.717) is 11.1 Å². The Balaban J connectivity index is 2.32. The fourth-order valence-corrected chi connectivity index (χ4v) is 1.93. The summed E-state index contributed by atoms with van der Waals surface area (Å²) < 4.78 is 0. The van der Waals surface area contributed by atoms with E-state index in [1.165, 1.54) is 19.1 Å². The Hall–Kier alpha value is -2.75. The molecule has 2 aromatic rings. The lowest BCUT2D eigenvalue weighted by Crippen LogP contribution is -2.20. The predicted octanol–water partition coefficient (Wildman–Crippen LogP) is 2.82. The van der Waals surface area contributed by atoms with Gasteiger partial charge in [-0.15, -0.1) is 0 Å². The maximum atomic E-state index is 12.3. The summed E-state index contributed by atoms with van der Waals surface area (Å²) >= 11 is 0. The first-order valence-corrected chi connectivity index (χ1v) is 6.47. The topological polar surface area (TPSA) is 71.4 Å². The SMILES string of the molecule is CC(C(=O)O)C(=O)c1cccc(C(=O)c2ccccc2)c1. The van der Waals surface area contributed by atoms with Gasteiger partial charge in [0, 0.05) is 16.7 Å². The number of hydrogen-bond acceptors (Lipinski definition) is 3. The molecule has 0 aliphatic rings. The first-order chi connectivity index (χ1) is 10.0. The third-order valence-corrected chi connectivity index (χ3v) is 3.21. The fraction of sp³-hybridized carbons (Fsp3) is 0.118. The molecule has 0 radical (unpaired) electrons. The molecule has 0 aliphatic heterocycles. The van der Waals surface area contributed by atoms with Gasteiger partial charge in [0.1, 0.15) is 5.92 Å². The summed E-state index contributed by atoms with van der Waals surface area (Å²) in [6, 6.07) is 14.9. The van der Waals surface area contributed by atoms with Crippen LogP contribution in [0.15, 0.2) is 54.6 Å². The minimum atomic E-state index is -1.18. The highest BCUT2D eigenvalue weighted by Crippen LogP contribution is 2.15. The standard InChI is InChI=1S/C17H14O4/c1-11(17(20)21)15(18)13-8-5-9-14(10-13)16(19)12-6-3-2-4-7-12/h2-11H,1H3,(H,20,21). The van der Waals surface area contributed by atoms with E-state index < -0.39 is 17.7 Å². The maximum absolute atomic E-state index is 12.3. The lowest BCUT2D eigenvalue weighted by atomic mass is 9.95. The van der Waals surface area contributed by atoms with E-state index in [0.717, 1.165) is 0 Å². The van der Waals surface area contributed by atoms with Gasteiger partial charge in [-0.1, -0.05) is 48.5 Å². The molecular weight excluding hydrogens is 268 g/mol. The molecule has 1 atom stereocenters. The third-order valence-electron chi connectivity index (χ3n) is 3.21. The van der Waals surface area contributed by atoms with Gasteiger partial charge in [-0.05, 0) is 13.0 Å². The summed E-state index contributed by atoms with van der Waals surface area (Å²) in [6.07, 6.45) is 0. The molecular formula is C17H14O4. The van der Waals surface area contributed by atoms with Crippen molar-refractivity contribution in [2.75, 3.05) is 0 Å². The van der Waals surface area contributed by atoms with E-state index in [2.05, 4.69) is 0 Å². The lowest BCUT2D eigenvalue weighted by Gasteiger charge is -2.07. The number of carbonyl (C=O) groups excluding carboxylic acids is 2. The molecule has 1 unspecified atom stereocenters. The number of carboxylic acid groups (broad SMARTS) is 1. The van der Waals surface area contributed by atoms with Crippen LogP contribution in [-0.4, -0.2) is 22.6 Å². The van der Waals surface area contributed by atoms with Crippen molar-refractivity contribution in [1.82, 2.24) is 0 Å². The number of Topliss-reactive ketones (excluding diaryl/α,β-unsaturated/α-hetero) is 1. The Morgan fingerprint density at radius 3 is 2.05 bits per heavy atom. The number of hydrogen-bond donors (Lipinski definition) is 1. The molecule has 0 bridgehead atoms. The second-order valence-corrected chi connectivity index (χ2v) is 4.70. The highest BCUT2D eigenvalue weighted by molar-refractivity contribution is 6.12. The van der Waals surface area contributed by atoms with Crippen LogP contribution in [0, 0.1) is 5.92 Å². The molecule has 4 heteroatoms. The number of rotatable bonds is 5. The lowest BCUT2D eigenvalue weighted by molar-refractivity contribution is -0.139. The molecule has 0 heterocycles. The fourth-order valence-electron chi connectivity index (χ4n) is 1.93. The molecule has 0 aromatic heterocycles. The summed E-state index contributed by atoms with van der Waals surface area (Å²) in [5.74, 6) is -3.02. The molecule has 0 saturated carbocycles. The van der Waals surface area contributed by atoms with Gasteiger partial charge in [-0.25, -0.2) is 0 Å². The molecule has 0 saturated heterocycles. The van der Waals surface area contributed by atoms with Crippen LogP contribution in [0.25, 0.3) is 0 Å². The number of carboxylic acids is 1. The first kappa shape index (κ1) is 14.7. The van der Waals surface area contributed by atoms with E-state index in [9.17, 15) is 14.4 Å². The van der Waals surface area contributed by atoms with Crippen LogP contribution in [0.2, 0.25) is 0 Å². The van der Waals surface area contributed by atoms with E-state index >= 15 is 0 Å². The zero-order chi connectivity index (χ0) is 15.4. The minimum Gasteiger partial charge on any atom is -0.481 e.